The predicted octanol–water partition coefficient (Wildman–Crippen LogP) is 3.42. The average Bonchev–Trinajstić information content (AvgIpc) is 2.05. The van der Waals surface area contributed by atoms with E-state index < -0.39 is 0 Å². The molecule has 1 aliphatic rings. The van der Waals surface area contributed by atoms with Crippen LogP contribution < -0.4 is 0 Å². The highest BCUT2D eigenvalue weighted by atomic mass is 14.7. The number of aliphatic imine (C=N–C) groups is 1. The Morgan fingerprint density at radius 2 is 2.33 bits per heavy atom. The van der Waals surface area contributed by atoms with Crippen molar-refractivity contribution in [3.63, 3.8) is 0 Å². The highest BCUT2D eigenvalue weighted by Gasteiger charge is 2.08. The number of rotatable bonds is 3. The molecule has 0 aromatic carbocycles. The van der Waals surface area contributed by atoms with Gasteiger partial charge < -0.3 is 0 Å². The van der Waals surface area contributed by atoms with Crippen molar-refractivity contribution in [3.8, 4) is 0 Å². The van der Waals surface area contributed by atoms with Gasteiger partial charge in [0, 0.05) is 11.9 Å². The van der Waals surface area contributed by atoms with E-state index in [-0.39, 0.29) is 0 Å². The summed E-state index contributed by atoms with van der Waals surface area (Å²) in [5, 5.41) is 0. The van der Waals surface area contributed by atoms with Crippen molar-refractivity contribution < 1.29 is 0 Å². The van der Waals surface area contributed by atoms with Crippen molar-refractivity contribution in [3.05, 3.63) is 11.8 Å². The Balaban J connectivity index is 2.41. The summed E-state index contributed by atoms with van der Waals surface area (Å²) in [6.07, 6.45) is 7.97. The minimum absolute atomic E-state index is 0.695. The van der Waals surface area contributed by atoms with Crippen LogP contribution in [-0.2, 0) is 0 Å². The normalized spacial score (nSPS) is 23.0. The molecule has 0 N–H and O–H groups in total. The second kappa shape index (κ2) is 4.44. The Bertz CT molecular complexity index is 189. The van der Waals surface area contributed by atoms with E-state index in [0.717, 1.165) is 12.3 Å². The highest BCUT2D eigenvalue weighted by Crippen LogP contribution is 2.19. The van der Waals surface area contributed by atoms with Crippen molar-refractivity contribution in [1.29, 1.82) is 0 Å². The average molecular weight is 165 g/mol. The lowest BCUT2D eigenvalue weighted by Crippen LogP contribution is -2.04. The van der Waals surface area contributed by atoms with Crippen molar-refractivity contribution >= 4 is 6.21 Å². The van der Waals surface area contributed by atoms with E-state index in [1.165, 1.54) is 18.5 Å². The standard InChI is InChI=1S/C11H19N/c1-4-10-5-6-11(12-8-10)7-9(2)3/h6,8-10H,4-5,7H2,1-3H3. The third-order valence-electron chi connectivity index (χ3n) is 2.25. The number of allylic oxidation sites excluding steroid dienone is 2. The molecule has 0 bridgehead atoms. The van der Waals surface area contributed by atoms with Gasteiger partial charge in [-0.15, -0.1) is 0 Å². The van der Waals surface area contributed by atoms with Gasteiger partial charge in [-0.2, -0.15) is 0 Å². The van der Waals surface area contributed by atoms with Crippen LogP contribution in [0.5, 0.6) is 0 Å². The molecule has 68 valence electrons. The molecular formula is C11H19N. The fraction of sp³-hybridized carbons (Fsp3) is 0.727. The Hall–Kier alpha value is -0.590. The summed E-state index contributed by atoms with van der Waals surface area (Å²) >= 11 is 0. The van der Waals surface area contributed by atoms with Gasteiger partial charge in [0.1, 0.15) is 0 Å². The van der Waals surface area contributed by atoms with Crippen LogP contribution in [0.2, 0.25) is 0 Å². The van der Waals surface area contributed by atoms with Crippen molar-refractivity contribution in [2.75, 3.05) is 0 Å². The largest absolute Gasteiger partial charge is 0.266 e. The van der Waals surface area contributed by atoms with Crippen LogP contribution in [0.3, 0.4) is 0 Å². The van der Waals surface area contributed by atoms with Crippen molar-refractivity contribution in [1.82, 2.24) is 0 Å². The van der Waals surface area contributed by atoms with Crippen LogP contribution in [0.15, 0.2) is 16.8 Å². The lowest BCUT2D eigenvalue weighted by molar-refractivity contribution is 0.617. The van der Waals surface area contributed by atoms with Gasteiger partial charge in [0.15, 0.2) is 0 Å². The molecule has 0 amide bonds. The monoisotopic (exact) mass is 165 g/mol. The molecule has 1 nitrogen and oxygen atoms in total. The maximum Gasteiger partial charge on any atom is 0.0362 e. The summed E-state index contributed by atoms with van der Waals surface area (Å²) in [5.41, 5.74) is 1.29. The smallest absolute Gasteiger partial charge is 0.0362 e. The second-order valence-corrected chi connectivity index (χ2v) is 3.98. The predicted molar refractivity (Wildman–Crippen MR) is 54.4 cm³/mol. The Kier molecular flexibility index (Phi) is 3.51. The molecule has 0 saturated carbocycles. The van der Waals surface area contributed by atoms with Gasteiger partial charge in [-0.3, -0.25) is 4.99 Å². The van der Waals surface area contributed by atoms with E-state index in [1.54, 1.807) is 0 Å². The molecule has 0 spiro atoms. The molecule has 0 aliphatic carbocycles. The first kappa shape index (κ1) is 9.50. The van der Waals surface area contributed by atoms with Crippen LogP contribution in [0.4, 0.5) is 0 Å². The molecule has 1 heteroatoms. The first-order chi connectivity index (χ1) is 5.72. The van der Waals surface area contributed by atoms with Crippen LogP contribution in [-0.4, -0.2) is 6.21 Å². The molecule has 0 radical (unpaired) electrons. The van der Waals surface area contributed by atoms with E-state index in [9.17, 15) is 0 Å². The third-order valence-corrected chi connectivity index (χ3v) is 2.25. The zero-order valence-corrected chi connectivity index (χ0v) is 8.38. The Morgan fingerprint density at radius 1 is 1.58 bits per heavy atom. The lowest BCUT2D eigenvalue weighted by Gasteiger charge is -2.14. The molecule has 1 unspecified atom stereocenters. The first-order valence-electron chi connectivity index (χ1n) is 4.95. The highest BCUT2D eigenvalue weighted by molar-refractivity contribution is 5.63. The summed E-state index contributed by atoms with van der Waals surface area (Å²) in [6.45, 7) is 6.70. The second-order valence-electron chi connectivity index (χ2n) is 3.98. The summed E-state index contributed by atoms with van der Waals surface area (Å²) in [4.78, 5) is 4.46. The van der Waals surface area contributed by atoms with Crippen LogP contribution >= 0.6 is 0 Å². The maximum atomic E-state index is 4.46. The fourth-order valence-corrected chi connectivity index (χ4v) is 1.43. The SMILES string of the molecule is CCC1C=NC(CC(C)C)=CC1. The first-order valence-corrected chi connectivity index (χ1v) is 4.95. The topological polar surface area (TPSA) is 12.4 Å². The molecule has 12 heavy (non-hydrogen) atoms. The molecule has 0 saturated heterocycles. The Morgan fingerprint density at radius 3 is 2.75 bits per heavy atom. The quantitative estimate of drug-likeness (QED) is 0.607. The summed E-state index contributed by atoms with van der Waals surface area (Å²) in [6, 6.07) is 0. The van der Waals surface area contributed by atoms with Crippen molar-refractivity contribution in [2.45, 2.75) is 40.0 Å². The lowest BCUT2D eigenvalue weighted by atomic mass is 9.98. The van der Waals surface area contributed by atoms with Gasteiger partial charge >= 0.3 is 0 Å². The fourth-order valence-electron chi connectivity index (χ4n) is 1.43. The third kappa shape index (κ3) is 2.80. The summed E-state index contributed by atoms with van der Waals surface area (Å²) in [5.74, 6) is 1.42. The molecule has 1 rings (SSSR count). The number of nitrogens with zero attached hydrogens (tertiary/aromatic N) is 1. The zero-order valence-electron chi connectivity index (χ0n) is 8.38. The van der Waals surface area contributed by atoms with Gasteiger partial charge in [0.25, 0.3) is 0 Å². The van der Waals surface area contributed by atoms with Gasteiger partial charge in [-0.1, -0.05) is 26.8 Å². The van der Waals surface area contributed by atoms with Gasteiger partial charge in [-0.25, -0.2) is 0 Å². The number of hydrogen-bond acceptors (Lipinski definition) is 1. The Labute approximate surface area is 75.6 Å². The van der Waals surface area contributed by atoms with Gasteiger partial charge in [0.05, 0.1) is 0 Å². The number of hydrogen-bond donors (Lipinski definition) is 0. The van der Waals surface area contributed by atoms with Crippen LogP contribution in [0.1, 0.15) is 40.0 Å². The van der Waals surface area contributed by atoms with E-state index in [4.69, 9.17) is 0 Å². The minimum Gasteiger partial charge on any atom is -0.266 e. The van der Waals surface area contributed by atoms with Crippen LogP contribution in [0, 0.1) is 11.8 Å². The van der Waals surface area contributed by atoms with Gasteiger partial charge in [-0.05, 0) is 31.1 Å². The zero-order chi connectivity index (χ0) is 8.97. The molecule has 1 aliphatic heterocycles. The van der Waals surface area contributed by atoms with E-state index in [1.807, 2.05) is 0 Å². The van der Waals surface area contributed by atoms with E-state index in [0.29, 0.717) is 5.92 Å². The van der Waals surface area contributed by atoms with Crippen LogP contribution in [0.25, 0.3) is 0 Å². The summed E-state index contributed by atoms with van der Waals surface area (Å²) < 4.78 is 0. The molecule has 1 atom stereocenters. The molecule has 0 aromatic heterocycles. The molecule has 0 aromatic rings. The molecule has 1 heterocycles. The van der Waals surface area contributed by atoms with E-state index in [2.05, 4.69) is 38.1 Å². The maximum absolute atomic E-state index is 4.46. The van der Waals surface area contributed by atoms with Gasteiger partial charge in [0.2, 0.25) is 0 Å². The summed E-state index contributed by atoms with van der Waals surface area (Å²) in [7, 11) is 0. The minimum atomic E-state index is 0.695. The molecule has 0 fully saturated rings. The van der Waals surface area contributed by atoms with Crippen molar-refractivity contribution in [2.24, 2.45) is 16.8 Å². The molecular weight excluding hydrogens is 146 g/mol. The van der Waals surface area contributed by atoms with E-state index >= 15 is 0 Å².